The SMILES string of the molecule is Cc1nc2cccc(SCCCN3CCN(CC4=C(c5ccc(Cl)cc5)CC(C)(C)CC4)CC3)c2c(=O)n1C1CCC(=O)NC1=O. The van der Waals surface area contributed by atoms with Crippen molar-refractivity contribution >= 4 is 51.7 Å². The summed E-state index contributed by atoms with van der Waals surface area (Å²) >= 11 is 7.88. The summed E-state index contributed by atoms with van der Waals surface area (Å²) in [6.07, 6.45) is 5.03. The maximum Gasteiger partial charge on any atom is 0.263 e. The Morgan fingerprint density at radius 1 is 1.00 bits per heavy atom. The second kappa shape index (κ2) is 14.0. The highest BCUT2D eigenvalue weighted by Crippen LogP contribution is 2.43. The summed E-state index contributed by atoms with van der Waals surface area (Å²) in [4.78, 5) is 48.7. The van der Waals surface area contributed by atoms with Crippen LogP contribution in [0.25, 0.3) is 16.5 Å². The number of halogens is 1. The fourth-order valence-corrected chi connectivity index (χ4v) is 8.24. The molecule has 0 spiro atoms. The van der Waals surface area contributed by atoms with Gasteiger partial charge in [-0.05, 0) is 92.1 Å². The Hall–Kier alpha value is -2.98. The number of aromatic nitrogens is 2. The Morgan fingerprint density at radius 3 is 2.48 bits per heavy atom. The summed E-state index contributed by atoms with van der Waals surface area (Å²) in [5, 5.41) is 3.71. The predicted octanol–water partition coefficient (Wildman–Crippen LogP) is 6.10. The van der Waals surface area contributed by atoms with E-state index in [9.17, 15) is 14.4 Å². The molecule has 0 saturated carbocycles. The highest BCUT2D eigenvalue weighted by molar-refractivity contribution is 7.99. The zero-order chi connectivity index (χ0) is 32.4. The number of fused-ring (bicyclic) bond motifs is 1. The normalized spacial score (nSPS) is 21.2. The molecule has 8 nitrogen and oxygen atoms in total. The first kappa shape index (κ1) is 32.9. The number of nitrogens with one attached hydrogen (secondary N) is 1. The van der Waals surface area contributed by atoms with Crippen LogP contribution in [0, 0.1) is 12.3 Å². The number of benzene rings is 2. The number of allylic oxidation sites excluding steroid dienone is 1. The molecule has 0 bridgehead atoms. The van der Waals surface area contributed by atoms with Crippen molar-refractivity contribution < 1.29 is 9.59 Å². The summed E-state index contributed by atoms with van der Waals surface area (Å²) < 4.78 is 1.47. The van der Waals surface area contributed by atoms with Crippen LogP contribution in [0.15, 0.2) is 57.7 Å². The van der Waals surface area contributed by atoms with Gasteiger partial charge >= 0.3 is 0 Å². The molecule has 1 unspecified atom stereocenters. The lowest BCUT2D eigenvalue weighted by atomic mass is 9.72. The molecular formula is C36H44ClN5O3S. The van der Waals surface area contributed by atoms with Gasteiger partial charge in [-0.1, -0.05) is 49.2 Å². The number of carbonyl (C=O) groups is 2. The molecule has 2 aromatic carbocycles. The maximum absolute atomic E-state index is 13.7. The average molecular weight is 662 g/mol. The van der Waals surface area contributed by atoms with Gasteiger partial charge < -0.3 is 4.90 Å². The van der Waals surface area contributed by atoms with Crippen molar-refractivity contribution in [3.05, 3.63) is 74.8 Å². The Balaban J connectivity index is 1.04. The molecule has 1 aliphatic carbocycles. The topological polar surface area (TPSA) is 87.5 Å². The van der Waals surface area contributed by atoms with Gasteiger partial charge in [0.25, 0.3) is 5.56 Å². The molecule has 2 aliphatic heterocycles. The third-order valence-electron chi connectivity index (χ3n) is 9.72. The van der Waals surface area contributed by atoms with Crippen LogP contribution in [0.4, 0.5) is 0 Å². The number of carbonyl (C=O) groups excluding carboxylic acids is 2. The number of amides is 2. The second-order valence-corrected chi connectivity index (χ2v) is 15.3. The number of piperidine rings is 1. The van der Waals surface area contributed by atoms with Gasteiger partial charge in [0.1, 0.15) is 11.9 Å². The minimum Gasteiger partial charge on any atom is -0.301 e. The maximum atomic E-state index is 13.7. The quantitative estimate of drug-likeness (QED) is 0.169. The van der Waals surface area contributed by atoms with Crippen molar-refractivity contribution in [2.75, 3.05) is 45.0 Å². The van der Waals surface area contributed by atoms with Crippen LogP contribution >= 0.6 is 23.4 Å². The summed E-state index contributed by atoms with van der Waals surface area (Å²) in [7, 11) is 0. The number of imide groups is 1. The first-order valence-electron chi connectivity index (χ1n) is 16.5. The van der Waals surface area contributed by atoms with E-state index in [0.29, 0.717) is 28.6 Å². The molecule has 3 heterocycles. The Bertz CT molecular complexity index is 1710. The molecular weight excluding hydrogens is 618 g/mol. The third kappa shape index (κ3) is 7.43. The van der Waals surface area contributed by atoms with Crippen LogP contribution in [-0.4, -0.2) is 76.2 Å². The van der Waals surface area contributed by atoms with E-state index in [-0.39, 0.29) is 17.9 Å². The minimum absolute atomic E-state index is 0.214. The van der Waals surface area contributed by atoms with E-state index in [1.165, 1.54) is 22.1 Å². The van der Waals surface area contributed by atoms with Gasteiger partial charge in [-0.2, -0.15) is 0 Å². The molecule has 244 valence electrons. The molecule has 1 atom stereocenters. The molecule has 3 aromatic rings. The first-order valence-corrected chi connectivity index (χ1v) is 17.8. The highest BCUT2D eigenvalue weighted by atomic mass is 35.5. The number of nitrogens with zero attached hydrogens (tertiary/aromatic N) is 4. The Morgan fingerprint density at radius 2 is 1.74 bits per heavy atom. The van der Waals surface area contributed by atoms with E-state index in [2.05, 4.69) is 46.1 Å². The van der Waals surface area contributed by atoms with Crippen molar-refractivity contribution in [1.29, 1.82) is 0 Å². The van der Waals surface area contributed by atoms with E-state index in [0.717, 1.165) is 74.2 Å². The summed E-state index contributed by atoms with van der Waals surface area (Å²) in [6.45, 7) is 12.8. The zero-order valence-corrected chi connectivity index (χ0v) is 28.7. The standard InChI is InChI=1S/C36H44ClN5O3S/c1-24-38-29-6-4-7-31(33(29)35(45)42(24)30-12-13-32(43)39-34(30)44)46-21-5-16-40-17-19-41(20-18-40)23-26-14-15-36(2,3)22-28(26)25-8-10-27(37)11-9-25/h4,6-11,30H,5,12-23H2,1-3H3,(H,39,43,44). The first-order chi connectivity index (χ1) is 22.1. The zero-order valence-electron chi connectivity index (χ0n) is 27.1. The molecule has 1 N–H and O–H groups in total. The van der Waals surface area contributed by atoms with Crippen LogP contribution in [0.1, 0.15) is 69.8 Å². The molecule has 2 amide bonds. The largest absolute Gasteiger partial charge is 0.301 e. The van der Waals surface area contributed by atoms with E-state index in [1.807, 2.05) is 30.3 Å². The predicted molar refractivity (Wildman–Crippen MR) is 186 cm³/mol. The van der Waals surface area contributed by atoms with Gasteiger partial charge in [-0.3, -0.25) is 29.2 Å². The van der Waals surface area contributed by atoms with Crippen molar-refractivity contribution in [1.82, 2.24) is 24.7 Å². The van der Waals surface area contributed by atoms with E-state index in [1.54, 1.807) is 24.3 Å². The Kier molecular flexibility index (Phi) is 10.0. The molecule has 10 heteroatoms. The van der Waals surface area contributed by atoms with Crippen LogP contribution in [0.3, 0.4) is 0 Å². The lowest BCUT2D eigenvalue weighted by Gasteiger charge is -2.38. The molecule has 2 fully saturated rings. The van der Waals surface area contributed by atoms with Crippen molar-refractivity contribution in [2.24, 2.45) is 5.41 Å². The molecule has 1 aromatic heterocycles. The van der Waals surface area contributed by atoms with Gasteiger partial charge in [-0.15, -0.1) is 11.8 Å². The molecule has 46 heavy (non-hydrogen) atoms. The third-order valence-corrected chi connectivity index (χ3v) is 11.1. The number of hydrogen-bond acceptors (Lipinski definition) is 7. The average Bonchev–Trinajstić information content (AvgIpc) is 3.02. The highest BCUT2D eigenvalue weighted by Gasteiger charge is 2.31. The van der Waals surface area contributed by atoms with Gasteiger partial charge in [-0.25, -0.2) is 4.98 Å². The Labute approximate surface area is 280 Å². The van der Waals surface area contributed by atoms with Gasteiger partial charge in [0.2, 0.25) is 11.8 Å². The lowest BCUT2D eigenvalue weighted by Crippen LogP contribution is -2.47. The fraction of sp³-hybridized carbons (Fsp3) is 0.500. The lowest BCUT2D eigenvalue weighted by molar-refractivity contribution is -0.135. The van der Waals surface area contributed by atoms with E-state index < -0.39 is 11.9 Å². The number of rotatable bonds is 9. The monoisotopic (exact) mass is 661 g/mol. The van der Waals surface area contributed by atoms with Crippen molar-refractivity contribution in [3.8, 4) is 0 Å². The van der Waals surface area contributed by atoms with Crippen LogP contribution in [-0.2, 0) is 9.59 Å². The van der Waals surface area contributed by atoms with Gasteiger partial charge in [0.05, 0.1) is 10.9 Å². The molecule has 2 saturated heterocycles. The van der Waals surface area contributed by atoms with Crippen molar-refractivity contribution in [2.45, 2.75) is 70.2 Å². The fourth-order valence-electron chi connectivity index (χ4n) is 7.11. The number of piperazine rings is 1. The summed E-state index contributed by atoms with van der Waals surface area (Å²) in [5.41, 5.74) is 5.16. The van der Waals surface area contributed by atoms with Crippen LogP contribution in [0.2, 0.25) is 5.02 Å². The number of hydrogen-bond donors (Lipinski definition) is 1. The number of thioether (sulfide) groups is 1. The van der Waals surface area contributed by atoms with Gasteiger partial charge in [0.15, 0.2) is 0 Å². The van der Waals surface area contributed by atoms with E-state index >= 15 is 0 Å². The number of aryl methyl sites for hydroxylation is 1. The second-order valence-electron chi connectivity index (χ2n) is 13.7. The minimum atomic E-state index is -0.718. The molecule has 0 radical (unpaired) electrons. The van der Waals surface area contributed by atoms with Gasteiger partial charge in [0, 0.05) is 49.1 Å². The summed E-state index contributed by atoms with van der Waals surface area (Å²) in [6, 6.07) is 13.4. The molecule has 6 rings (SSSR count). The smallest absolute Gasteiger partial charge is 0.263 e. The van der Waals surface area contributed by atoms with E-state index in [4.69, 9.17) is 11.6 Å². The summed E-state index contributed by atoms with van der Waals surface area (Å²) in [5.74, 6) is 0.637. The molecule has 3 aliphatic rings. The van der Waals surface area contributed by atoms with Crippen molar-refractivity contribution in [3.63, 3.8) is 0 Å². The van der Waals surface area contributed by atoms with Crippen LogP contribution < -0.4 is 10.9 Å². The van der Waals surface area contributed by atoms with Crippen LogP contribution in [0.5, 0.6) is 0 Å².